The first-order valence-electron chi connectivity index (χ1n) is 9.61. The van der Waals surface area contributed by atoms with Gasteiger partial charge in [0.05, 0.1) is 17.2 Å². The van der Waals surface area contributed by atoms with Gasteiger partial charge >= 0.3 is 5.97 Å². The molecule has 3 nitrogen and oxygen atoms in total. The van der Waals surface area contributed by atoms with Crippen LogP contribution in [0.25, 0.3) is 11.1 Å². The van der Waals surface area contributed by atoms with Gasteiger partial charge in [0.25, 0.3) is 0 Å². The fraction of sp³-hybridized carbons (Fsp3) is 0.391. The van der Waals surface area contributed by atoms with E-state index in [2.05, 4.69) is 6.92 Å². The smallest absolute Gasteiger partial charge is 0.336 e. The van der Waals surface area contributed by atoms with E-state index < -0.39 is 11.8 Å². The van der Waals surface area contributed by atoms with Crippen LogP contribution in [-0.4, -0.2) is 11.1 Å². The number of aromatic carboxylic acids is 1. The van der Waals surface area contributed by atoms with Crippen LogP contribution in [-0.2, 0) is 0 Å². The van der Waals surface area contributed by atoms with Crippen LogP contribution < -0.4 is 0 Å². The molecule has 4 heteroatoms. The number of hydrogen-bond donors (Lipinski definition) is 1. The summed E-state index contributed by atoms with van der Waals surface area (Å²) in [5.74, 6) is -0.714. The summed E-state index contributed by atoms with van der Waals surface area (Å²) >= 11 is 0. The Labute approximate surface area is 159 Å². The van der Waals surface area contributed by atoms with E-state index in [0.717, 1.165) is 31.6 Å². The molecule has 0 heterocycles. The molecule has 27 heavy (non-hydrogen) atoms. The average molecular weight is 365 g/mol. The Hall–Kier alpha value is -2.67. The Morgan fingerprint density at radius 2 is 1.81 bits per heavy atom. The first-order chi connectivity index (χ1) is 13.0. The molecule has 0 amide bonds. The fourth-order valence-corrected chi connectivity index (χ4v) is 4.25. The topological polar surface area (TPSA) is 61.1 Å². The zero-order valence-corrected chi connectivity index (χ0v) is 15.5. The molecular weight excluding hydrogens is 341 g/mol. The molecule has 1 fully saturated rings. The van der Waals surface area contributed by atoms with Crippen LogP contribution in [0.15, 0.2) is 36.4 Å². The molecule has 0 unspecified atom stereocenters. The Morgan fingerprint density at radius 3 is 2.37 bits per heavy atom. The lowest BCUT2D eigenvalue weighted by Crippen LogP contribution is -2.15. The van der Waals surface area contributed by atoms with Gasteiger partial charge in [-0.3, -0.25) is 0 Å². The third-order valence-corrected chi connectivity index (χ3v) is 5.69. The molecule has 1 N–H and O–H groups in total. The van der Waals surface area contributed by atoms with Gasteiger partial charge < -0.3 is 5.11 Å². The highest BCUT2D eigenvalue weighted by molar-refractivity contribution is 5.96. The quantitative estimate of drug-likeness (QED) is 0.692. The van der Waals surface area contributed by atoms with Gasteiger partial charge in [-0.05, 0) is 66.8 Å². The Balaban J connectivity index is 1.98. The van der Waals surface area contributed by atoms with E-state index in [0.29, 0.717) is 16.7 Å². The van der Waals surface area contributed by atoms with Gasteiger partial charge in [-0.25, -0.2) is 9.18 Å². The molecule has 1 aliphatic rings. The molecule has 2 aromatic carbocycles. The summed E-state index contributed by atoms with van der Waals surface area (Å²) in [7, 11) is 0. The van der Waals surface area contributed by atoms with Gasteiger partial charge in [0, 0.05) is 5.56 Å². The van der Waals surface area contributed by atoms with Crippen molar-refractivity contribution in [1.82, 2.24) is 0 Å². The molecular formula is C23H24FNO2. The van der Waals surface area contributed by atoms with Gasteiger partial charge in [-0.15, -0.1) is 0 Å². The monoisotopic (exact) mass is 365 g/mol. The SMILES string of the molecule is CCCC1CCC(c2ccc(C(=O)O)c(-c3ccc(C#N)cc3)c2F)CC1. The van der Waals surface area contributed by atoms with E-state index in [1.54, 1.807) is 30.3 Å². The summed E-state index contributed by atoms with van der Waals surface area (Å²) in [4.78, 5) is 11.7. The minimum Gasteiger partial charge on any atom is -0.478 e. The van der Waals surface area contributed by atoms with Gasteiger partial charge in [0.15, 0.2) is 0 Å². The molecule has 0 saturated heterocycles. The number of carboxylic acids is 1. The van der Waals surface area contributed by atoms with E-state index in [-0.39, 0.29) is 17.0 Å². The number of hydrogen-bond acceptors (Lipinski definition) is 2. The van der Waals surface area contributed by atoms with Crippen molar-refractivity contribution in [3.8, 4) is 17.2 Å². The lowest BCUT2D eigenvalue weighted by Gasteiger charge is -2.29. The summed E-state index contributed by atoms with van der Waals surface area (Å²) in [6, 6.07) is 11.6. The number of carboxylic acid groups (broad SMARTS) is 1. The van der Waals surface area contributed by atoms with Gasteiger partial charge in [0.2, 0.25) is 0 Å². The van der Waals surface area contributed by atoms with Crippen molar-refractivity contribution in [3.63, 3.8) is 0 Å². The van der Waals surface area contributed by atoms with Crippen molar-refractivity contribution in [2.75, 3.05) is 0 Å². The van der Waals surface area contributed by atoms with Crippen molar-refractivity contribution < 1.29 is 14.3 Å². The molecule has 0 radical (unpaired) electrons. The zero-order chi connectivity index (χ0) is 19.4. The Kier molecular flexibility index (Phi) is 5.91. The maximum atomic E-state index is 15.5. The summed E-state index contributed by atoms with van der Waals surface area (Å²) in [6.45, 7) is 2.19. The van der Waals surface area contributed by atoms with Crippen molar-refractivity contribution in [2.45, 2.75) is 51.4 Å². The highest BCUT2D eigenvalue weighted by Crippen LogP contribution is 2.41. The van der Waals surface area contributed by atoms with Crippen LogP contribution >= 0.6 is 0 Å². The van der Waals surface area contributed by atoms with Crippen LogP contribution in [0.3, 0.4) is 0 Å². The summed E-state index contributed by atoms with van der Waals surface area (Å²) < 4.78 is 15.5. The second-order valence-electron chi connectivity index (χ2n) is 7.39. The predicted molar refractivity (Wildman–Crippen MR) is 103 cm³/mol. The summed E-state index contributed by atoms with van der Waals surface area (Å²) in [6.07, 6.45) is 6.50. The van der Waals surface area contributed by atoms with Crippen LogP contribution in [0.1, 0.15) is 72.9 Å². The fourth-order valence-electron chi connectivity index (χ4n) is 4.25. The lowest BCUT2D eigenvalue weighted by molar-refractivity contribution is 0.0697. The highest BCUT2D eigenvalue weighted by atomic mass is 19.1. The second kappa shape index (κ2) is 8.35. The average Bonchev–Trinajstić information content (AvgIpc) is 2.69. The van der Waals surface area contributed by atoms with E-state index in [1.165, 1.54) is 18.9 Å². The van der Waals surface area contributed by atoms with Crippen molar-refractivity contribution in [3.05, 3.63) is 58.9 Å². The normalized spacial score (nSPS) is 19.4. The van der Waals surface area contributed by atoms with Crippen LogP contribution in [0, 0.1) is 23.1 Å². The number of rotatable bonds is 5. The first-order valence-corrected chi connectivity index (χ1v) is 9.61. The molecule has 0 aliphatic heterocycles. The number of halogens is 1. The molecule has 0 atom stereocenters. The largest absolute Gasteiger partial charge is 0.478 e. The molecule has 2 aromatic rings. The van der Waals surface area contributed by atoms with Gasteiger partial charge in [-0.1, -0.05) is 38.0 Å². The Morgan fingerprint density at radius 1 is 1.15 bits per heavy atom. The van der Waals surface area contributed by atoms with Crippen molar-refractivity contribution in [1.29, 1.82) is 5.26 Å². The first kappa shape index (κ1) is 19.1. The van der Waals surface area contributed by atoms with E-state index >= 15 is 4.39 Å². The third kappa shape index (κ3) is 4.03. The summed E-state index contributed by atoms with van der Waals surface area (Å²) in [5.41, 5.74) is 1.65. The zero-order valence-electron chi connectivity index (χ0n) is 15.5. The van der Waals surface area contributed by atoms with E-state index in [1.807, 2.05) is 6.07 Å². The van der Waals surface area contributed by atoms with Crippen molar-refractivity contribution >= 4 is 5.97 Å². The molecule has 0 bridgehead atoms. The van der Waals surface area contributed by atoms with Crippen LogP contribution in [0.2, 0.25) is 0 Å². The highest BCUT2D eigenvalue weighted by Gasteiger charge is 2.27. The van der Waals surface area contributed by atoms with Crippen LogP contribution in [0.5, 0.6) is 0 Å². The second-order valence-corrected chi connectivity index (χ2v) is 7.39. The molecule has 3 rings (SSSR count). The number of benzene rings is 2. The number of nitriles is 1. The van der Waals surface area contributed by atoms with Crippen molar-refractivity contribution in [2.24, 2.45) is 5.92 Å². The summed E-state index contributed by atoms with van der Waals surface area (Å²) in [5, 5.41) is 18.5. The third-order valence-electron chi connectivity index (χ3n) is 5.69. The maximum absolute atomic E-state index is 15.5. The standard InChI is InChI=1S/C23H24FNO2/c1-2-3-15-4-8-17(9-5-15)19-12-13-20(23(26)27)21(22(19)24)18-10-6-16(14-25)7-11-18/h6-7,10-13,15,17H,2-5,8-9H2,1H3,(H,26,27). The predicted octanol–water partition coefficient (Wildman–Crippen LogP) is 6.14. The van der Waals surface area contributed by atoms with Gasteiger partial charge in [0.1, 0.15) is 5.82 Å². The van der Waals surface area contributed by atoms with Gasteiger partial charge in [-0.2, -0.15) is 5.26 Å². The van der Waals surface area contributed by atoms with E-state index in [9.17, 15) is 9.90 Å². The number of carbonyl (C=O) groups is 1. The molecule has 0 spiro atoms. The number of nitrogens with zero attached hydrogens (tertiary/aromatic N) is 1. The molecule has 1 aliphatic carbocycles. The minimum absolute atomic E-state index is 0.0411. The van der Waals surface area contributed by atoms with Crippen LogP contribution in [0.4, 0.5) is 4.39 Å². The Bertz CT molecular complexity index is 859. The minimum atomic E-state index is -1.15. The lowest BCUT2D eigenvalue weighted by atomic mass is 9.76. The maximum Gasteiger partial charge on any atom is 0.336 e. The molecule has 1 saturated carbocycles. The van der Waals surface area contributed by atoms with E-state index in [4.69, 9.17) is 5.26 Å². The molecule has 140 valence electrons. The molecule has 0 aromatic heterocycles.